The lowest BCUT2D eigenvalue weighted by Gasteiger charge is -2.38. The van der Waals surface area contributed by atoms with E-state index >= 15 is 0 Å². The van der Waals surface area contributed by atoms with Gasteiger partial charge in [0.1, 0.15) is 11.6 Å². The molecule has 23 heavy (non-hydrogen) atoms. The Balaban J connectivity index is 1.50. The Morgan fingerprint density at radius 1 is 1.04 bits per heavy atom. The van der Waals surface area contributed by atoms with Crippen LogP contribution in [0.5, 0.6) is 0 Å². The molecule has 0 aliphatic heterocycles. The molecular weight excluding hydrogens is 296 g/mol. The predicted molar refractivity (Wildman–Crippen MR) is 86.3 cm³/mol. The Morgan fingerprint density at radius 3 is 2.43 bits per heavy atom. The number of hydrogen-bond donors (Lipinski definition) is 2. The number of aliphatic hydroxyl groups is 1. The summed E-state index contributed by atoms with van der Waals surface area (Å²) in [6, 6.07) is 13.4. The van der Waals surface area contributed by atoms with E-state index in [0.717, 1.165) is 24.0 Å². The molecule has 2 N–H and O–H groups in total. The van der Waals surface area contributed by atoms with Gasteiger partial charge in [-0.25, -0.2) is 8.78 Å². The van der Waals surface area contributed by atoms with Crippen LogP contribution in [0.1, 0.15) is 29.9 Å². The van der Waals surface area contributed by atoms with Crippen molar-refractivity contribution in [1.29, 1.82) is 0 Å². The SMILES string of the molecule is OCC(Cc1ccc(F)cc1)NC1CC(c2cccc(F)c2)C1. The minimum absolute atomic E-state index is 0.0402. The van der Waals surface area contributed by atoms with Crippen molar-refractivity contribution >= 4 is 0 Å². The molecule has 1 fully saturated rings. The van der Waals surface area contributed by atoms with Crippen LogP contribution in [-0.4, -0.2) is 23.8 Å². The number of benzene rings is 2. The van der Waals surface area contributed by atoms with Gasteiger partial charge in [0.15, 0.2) is 0 Å². The van der Waals surface area contributed by atoms with E-state index in [1.807, 2.05) is 6.07 Å². The van der Waals surface area contributed by atoms with Gasteiger partial charge in [0.05, 0.1) is 6.61 Å². The number of rotatable bonds is 6. The van der Waals surface area contributed by atoms with Crippen molar-refractivity contribution in [3.8, 4) is 0 Å². The van der Waals surface area contributed by atoms with Crippen LogP contribution < -0.4 is 5.32 Å². The van der Waals surface area contributed by atoms with Crippen LogP contribution in [0, 0.1) is 11.6 Å². The molecule has 0 radical (unpaired) electrons. The minimum atomic E-state index is -0.251. The summed E-state index contributed by atoms with van der Waals surface area (Å²) in [6.07, 6.45) is 2.56. The fourth-order valence-electron chi connectivity index (χ4n) is 3.20. The number of halogens is 2. The third-order valence-electron chi connectivity index (χ3n) is 4.55. The van der Waals surface area contributed by atoms with Crippen molar-refractivity contribution in [1.82, 2.24) is 5.32 Å². The summed E-state index contributed by atoms with van der Waals surface area (Å²) >= 11 is 0. The third kappa shape index (κ3) is 4.15. The van der Waals surface area contributed by atoms with Gasteiger partial charge in [-0.2, -0.15) is 0 Å². The predicted octanol–water partition coefficient (Wildman–Crippen LogP) is 3.40. The molecule has 2 aromatic carbocycles. The topological polar surface area (TPSA) is 32.3 Å². The molecule has 1 unspecified atom stereocenters. The van der Waals surface area contributed by atoms with Crippen LogP contribution in [0.25, 0.3) is 0 Å². The first-order valence-corrected chi connectivity index (χ1v) is 8.01. The van der Waals surface area contributed by atoms with E-state index in [1.54, 1.807) is 24.3 Å². The van der Waals surface area contributed by atoms with Gasteiger partial charge in [0.2, 0.25) is 0 Å². The van der Waals surface area contributed by atoms with E-state index in [9.17, 15) is 13.9 Å². The van der Waals surface area contributed by atoms with E-state index in [2.05, 4.69) is 5.32 Å². The van der Waals surface area contributed by atoms with E-state index in [0.29, 0.717) is 18.4 Å². The van der Waals surface area contributed by atoms with Gasteiger partial charge in [-0.1, -0.05) is 24.3 Å². The molecule has 0 spiro atoms. The lowest BCUT2D eigenvalue weighted by atomic mass is 9.75. The summed E-state index contributed by atoms with van der Waals surface area (Å²) in [5.41, 5.74) is 2.04. The monoisotopic (exact) mass is 317 g/mol. The van der Waals surface area contributed by atoms with Gasteiger partial charge in [-0.05, 0) is 60.6 Å². The zero-order valence-electron chi connectivity index (χ0n) is 12.9. The molecule has 3 rings (SSSR count). The summed E-state index contributed by atoms with van der Waals surface area (Å²) in [6.45, 7) is 0.0402. The highest BCUT2D eigenvalue weighted by Crippen LogP contribution is 2.37. The highest BCUT2D eigenvalue weighted by atomic mass is 19.1. The van der Waals surface area contributed by atoms with Crippen molar-refractivity contribution < 1.29 is 13.9 Å². The second-order valence-electron chi connectivity index (χ2n) is 6.30. The quantitative estimate of drug-likeness (QED) is 0.856. The van der Waals surface area contributed by atoms with Crippen molar-refractivity contribution in [3.05, 3.63) is 71.3 Å². The highest BCUT2D eigenvalue weighted by Gasteiger charge is 2.31. The molecule has 0 amide bonds. The van der Waals surface area contributed by atoms with Crippen molar-refractivity contribution in [2.24, 2.45) is 0 Å². The molecule has 1 aliphatic carbocycles. The molecule has 1 aliphatic rings. The molecule has 122 valence electrons. The fraction of sp³-hybridized carbons (Fsp3) is 0.368. The summed E-state index contributed by atoms with van der Waals surface area (Å²) in [7, 11) is 0. The average molecular weight is 317 g/mol. The second kappa shape index (κ2) is 7.20. The Kier molecular flexibility index (Phi) is 5.03. The zero-order valence-corrected chi connectivity index (χ0v) is 12.9. The molecule has 1 saturated carbocycles. The Hall–Kier alpha value is -1.78. The molecule has 0 saturated heterocycles. The van der Waals surface area contributed by atoms with Crippen LogP contribution in [-0.2, 0) is 6.42 Å². The van der Waals surface area contributed by atoms with Gasteiger partial charge in [0.25, 0.3) is 0 Å². The molecule has 0 aromatic heterocycles. The van der Waals surface area contributed by atoms with E-state index in [4.69, 9.17) is 0 Å². The van der Waals surface area contributed by atoms with Crippen molar-refractivity contribution in [3.63, 3.8) is 0 Å². The third-order valence-corrected chi connectivity index (χ3v) is 4.55. The summed E-state index contributed by atoms with van der Waals surface area (Å²) in [4.78, 5) is 0. The lowest BCUT2D eigenvalue weighted by molar-refractivity contribution is 0.195. The van der Waals surface area contributed by atoms with Gasteiger partial charge in [-0.15, -0.1) is 0 Å². The normalized spacial score (nSPS) is 21.7. The first kappa shape index (κ1) is 16.1. The Bertz CT molecular complexity index is 638. The largest absolute Gasteiger partial charge is 0.395 e. The maximum absolute atomic E-state index is 13.2. The van der Waals surface area contributed by atoms with Crippen molar-refractivity contribution in [2.75, 3.05) is 6.61 Å². The van der Waals surface area contributed by atoms with Crippen LogP contribution in [0.15, 0.2) is 48.5 Å². The first-order chi connectivity index (χ1) is 11.1. The fourth-order valence-corrected chi connectivity index (χ4v) is 3.20. The summed E-state index contributed by atoms with van der Waals surface area (Å²) in [5.74, 6) is -0.0593. The van der Waals surface area contributed by atoms with E-state index in [1.165, 1.54) is 18.2 Å². The number of nitrogens with one attached hydrogen (secondary N) is 1. The van der Waals surface area contributed by atoms with Gasteiger partial charge >= 0.3 is 0 Å². The highest BCUT2D eigenvalue weighted by molar-refractivity contribution is 5.24. The molecule has 0 bridgehead atoms. The summed E-state index contributed by atoms with van der Waals surface area (Å²) < 4.78 is 26.2. The molecule has 0 heterocycles. The molecule has 1 atom stereocenters. The van der Waals surface area contributed by atoms with E-state index in [-0.39, 0.29) is 24.3 Å². The van der Waals surface area contributed by atoms with Crippen LogP contribution in [0.4, 0.5) is 8.78 Å². The molecule has 2 nitrogen and oxygen atoms in total. The second-order valence-corrected chi connectivity index (χ2v) is 6.30. The van der Waals surface area contributed by atoms with Gasteiger partial charge in [-0.3, -0.25) is 0 Å². The number of hydrogen-bond acceptors (Lipinski definition) is 2. The standard InChI is InChI=1S/C19H21F2NO/c20-16-6-4-13(5-7-16)8-19(12-23)22-18-10-15(11-18)14-2-1-3-17(21)9-14/h1-7,9,15,18-19,22-23H,8,10-12H2. The zero-order chi connectivity index (χ0) is 16.2. The van der Waals surface area contributed by atoms with Crippen LogP contribution in [0.2, 0.25) is 0 Å². The average Bonchev–Trinajstić information content (AvgIpc) is 2.51. The molecule has 2 aromatic rings. The van der Waals surface area contributed by atoms with Crippen molar-refractivity contribution in [2.45, 2.75) is 37.3 Å². The lowest BCUT2D eigenvalue weighted by Crippen LogP contribution is -2.47. The Morgan fingerprint density at radius 2 is 1.78 bits per heavy atom. The van der Waals surface area contributed by atoms with Crippen LogP contribution >= 0.6 is 0 Å². The van der Waals surface area contributed by atoms with Crippen LogP contribution in [0.3, 0.4) is 0 Å². The van der Waals surface area contributed by atoms with Gasteiger partial charge in [0, 0.05) is 12.1 Å². The van der Waals surface area contributed by atoms with Gasteiger partial charge < -0.3 is 10.4 Å². The maximum Gasteiger partial charge on any atom is 0.123 e. The molecule has 4 heteroatoms. The maximum atomic E-state index is 13.2. The molecular formula is C19H21F2NO. The first-order valence-electron chi connectivity index (χ1n) is 8.01. The Labute approximate surface area is 135 Å². The number of aliphatic hydroxyl groups excluding tert-OH is 1. The minimum Gasteiger partial charge on any atom is -0.395 e. The smallest absolute Gasteiger partial charge is 0.123 e. The van der Waals surface area contributed by atoms with E-state index < -0.39 is 0 Å². The summed E-state index contributed by atoms with van der Waals surface area (Å²) in [5, 5.41) is 13.0.